The second-order valence-corrected chi connectivity index (χ2v) is 1.17. The lowest BCUT2D eigenvalue weighted by atomic mass is 11.3. The highest BCUT2D eigenvalue weighted by Gasteiger charge is 1.56. The molecule has 0 saturated heterocycles. The first-order valence-corrected chi connectivity index (χ1v) is 2.79. The summed E-state index contributed by atoms with van der Waals surface area (Å²) in [6, 6.07) is 0. The maximum absolute atomic E-state index is 9.21. The number of carbonyl (C=O) groups excluding carboxylic acids is 2. The topological polar surface area (TPSA) is 98.9 Å². The van der Waals surface area contributed by atoms with Crippen molar-refractivity contribution in [3.05, 3.63) is 12.4 Å². The minimum atomic E-state index is -0.346. The molecule has 0 aromatic carbocycles. The largest absolute Gasteiger partial charge is 0.354 e. The highest BCUT2D eigenvalue weighted by molar-refractivity contribution is 7.27. The maximum Gasteiger partial charge on any atom is 0.354 e. The Morgan fingerprint density at radius 2 is 1.40 bits per heavy atom. The molecule has 0 spiro atoms. The van der Waals surface area contributed by atoms with E-state index in [1.807, 2.05) is 0 Å². The second-order valence-electron chi connectivity index (χ2n) is 0.526. The number of rotatable bonds is 1. The van der Waals surface area contributed by atoms with Crippen molar-refractivity contribution in [3.63, 3.8) is 0 Å². The van der Waals surface area contributed by atoms with Crippen LogP contribution in [-0.4, -0.2) is 12.2 Å². The van der Waals surface area contributed by atoms with Crippen LogP contribution in [0.15, 0.2) is 12.4 Å². The molecule has 0 aromatic rings. The van der Waals surface area contributed by atoms with Crippen LogP contribution in [-0.2, 0) is 14.2 Å². The van der Waals surface area contributed by atoms with E-state index >= 15 is 0 Å². The summed E-state index contributed by atoms with van der Waals surface area (Å²) in [4.78, 5) is 16.7. The smallest absolute Gasteiger partial charge is 0.222 e. The maximum atomic E-state index is 9.21. The van der Waals surface area contributed by atoms with Gasteiger partial charge in [0.2, 0.25) is 12.2 Å². The van der Waals surface area contributed by atoms with Gasteiger partial charge in [-0.15, -0.1) is 0 Å². The summed E-state index contributed by atoms with van der Waals surface area (Å²) in [6.07, 6.45) is 1.50. The van der Waals surface area contributed by atoms with Gasteiger partial charge in [0.05, 0.1) is 0 Å². The Morgan fingerprint density at radius 1 is 1.30 bits per heavy atom. The average Bonchev–Trinajstić information content (AvgIpc) is 1.91. The van der Waals surface area contributed by atoms with Crippen molar-refractivity contribution in [2.75, 3.05) is 0 Å². The van der Waals surface area contributed by atoms with Gasteiger partial charge < -0.3 is 0 Å². The zero-order valence-electron chi connectivity index (χ0n) is 5.01. The Balaban J connectivity index is -0.0000000750. The molecule has 0 fully saturated rings. The summed E-state index contributed by atoms with van der Waals surface area (Å²) < 4.78 is 9.21. The van der Waals surface area contributed by atoms with E-state index in [0.29, 0.717) is 0 Å². The van der Waals surface area contributed by atoms with E-state index in [9.17, 15) is 4.57 Å². The molecule has 54 valence electrons. The zero-order valence-corrected chi connectivity index (χ0v) is 6.01. The van der Waals surface area contributed by atoms with E-state index in [0.717, 1.165) is 12.2 Å². The molecule has 0 saturated carbocycles. The van der Waals surface area contributed by atoms with Crippen molar-refractivity contribution in [2.24, 2.45) is 0 Å². The first-order chi connectivity index (χ1) is 4.74. The highest BCUT2D eigenvalue weighted by atomic mass is 31.1. The van der Waals surface area contributed by atoms with Crippen LogP contribution in [0, 0.1) is 10.8 Å². The fourth-order valence-electron chi connectivity index (χ4n) is 0. The lowest BCUT2D eigenvalue weighted by Gasteiger charge is -1.20. The summed E-state index contributed by atoms with van der Waals surface area (Å²) in [6.45, 7) is 3.18. The monoisotopic (exact) mass is 161 g/mol. The molecule has 10 heavy (non-hydrogen) atoms. The van der Waals surface area contributed by atoms with E-state index in [4.69, 9.17) is 20.4 Å². The van der Waals surface area contributed by atoms with Crippen LogP contribution < -0.4 is 0 Å². The minimum absolute atomic E-state index is 0.346. The fraction of sp³-hybridized carbons (Fsp3) is 0. The van der Waals surface area contributed by atoms with Crippen LogP contribution >= 0.6 is 8.46 Å². The van der Waals surface area contributed by atoms with Crippen LogP contribution in [0.4, 0.5) is 0 Å². The van der Waals surface area contributed by atoms with Gasteiger partial charge in [-0.3, -0.25) is 0 Å². The van der Waals surface area contributed by atoms with Gasteiger partial charge in [-0.2, -0.15) is 0 Å². The molecule has 2 N–H and O–H groups in total. The van der Waals surface area contributed by atoms with Crippen molar-refractivity contribution in [1.29, 1.82) is 10.8 Å². The summed E-state index contributed by atoms with van der Waals surface area (Å²) in [5, 5.41) is 10.8. The molecule has 0 radical (unpaired) electrons. The molecule has 1 unspecified atom stereocenters. The summed E-state index contributed by atoms with van der Waals surface area (Å²) >= 11 is 0. The summed E-state index contributed by atoms with van der Waals surface area (Å²) in [5.74, 6) is 1.35. The van der Waals surface area contributed by atoms with Crippen molar-refractivity contribution < 1.29 is 14.2 Å². The van der Waals surface area contributed by atoms with E-state index in [-0.39, 0.29) is 8.46 Å². The normalized spacial score (nSPS) is 4.40. The SMILES string of the molecule is C=C[PH+]=O.N=C=O.N=C=O. The van der Waals surface area contributed by atoms with E-state index < -0.39 is 0 Å². The third-order valence-corrected chi connectivity index (χ3v) is 0.250. The van der Waals surface area contributed by atoms with Crippen molar-refractivity contribution >= 4 is 20.6 Å². The molecule has 1 atom stereocenters. The van der Waals surface area contributed by atoms with Gasteiger partial charge in [0.25, 0.3) is 0 Å². The van der Waals surface area contributed by atoms with Gasteiger partial charge in [-0.05, 0) is 0 Å². The number of hydrogen-bond donors (Lipinski definition) is 2. The Morgan fingerprint density at radius 3 is 1.40 bits per heavy atom. The quantitative estimate of drug-likeness (QED) is 0.340. The van der Waals surface area contributed by atoms with Gasteiger partial charge in [-0.25, -0.2) is 20.4 Å². The van der Waals surface area contributed by atoms with Crippen LogP contribution in [0.3, 0.4) is 0 Å². The molecule has 0 heterocycles. The zero-order chi connectivity index (χ0) is 8.83. The molecule has 0 rings (SSSR count). The molecule has 5 nitrogen and oxygen atoms in total. The lowest BCUT2D eigenvalue weighted by Crippen LogP contribution is -1.16. The summed E-state index contributed by atoms with van der Waals surface area (Å²) in [5.41, 5.74) is 0. The Hall–Kier alpha value is -1.40. The predicted molar refractivity (Wildman–Crippen MR) is 36.0 cm³/mol. The molecule has 0 aliphatic carbocycles. The minimum Gasteiger partial charge on any atom is -0.222 e. The van der Waals surface area contributed by atoms with Gasteiger partial charge in [0.1, 0.15) is 5.82 Å². The number of nitrogens with one attached hydrogen (secondary N) is 2. The Labute approximate surface area is 59.0 Å². The molecule has 0 amide bonds. The lowest BCUT2D eigenvalue weighted by molar-refractivity contribution is 0.562. The van der Waals surface area contributed by atoms with Gasteiger partial charge in [-0.1, -0.05) is 11.1 Å². The van der Waals surface area contributed by atoms with Crippen molar-refractivity contribution in [3.8, 4) is 0 Å². The Bertz CT molecular complexity index is 127. The van der Waals surface area contributed by atoms with E-state index in [1.54, 1.807) is 0 Å². The highest BCUT2D eigenvalue weighted by Crippen LogP contribution is 1.84. The third kappa shape index (κ3) is 1290. The standard InChI is InChI=1S/C2H3OP.2CHNO/c1-2-4-3;2*2-1-3/h2H,1H2;2*2H/p+1. The molecule has 6 heteroatoms. The Kier molecular flexibility index (Phi) is 77.6. The van der Waals surface area contributed by atoms with E-state index in [1.165, 1.54) is 5.82 Å². The fourth-order valence-corrected chi connectivity index (χ4v) is 0. The predicted octanol–water partition coefficient (Wildman–Crippen LogP) is 0.956. The molecule has 0 aliphatic heterocycles. The van der Waals surface area contributed by atoms with Gasteiger partial charge in [0.15, 0.2) is 0 Å². The van der Waals surface area contributed by atoms with Crippen molar-refractivity contribution in [2.45, 2.75) is 0 Å². The molecule has 0 bridgehead atoms. The molecular formula is C4H6N2O3P+. The molecular weight excluding hydrogens is 155 g/mol. The second kappa shape index (κ2) is 49.0. The van der Waals surface area contributed by atoms with Crippen molar-refractivity contribution in [1.82, 2.24) is 0 Å². The van der Waals surface area contributed by atoms with E-state index in [2.05, 4.69) is 6.58 Å². The first-order valence-electron chi connectivity index (χ1n) is 1.81. The number of isocyanates is 2. The van der Waals surface area contributed by atoms with Crippen LogP contribution in [0.2, 0.25) is 0 Å². The molecule has 0 aliphatic rings. The molecule has 0 aromatic heterocycles. The summed E-state index contributed by atoms with van der Waals surface area (Å²) in [7, 11) is -0.346. The average molecular weight is 161 g/mol. The van der Waals surface area contributed by atoms with Gasteiger partial charge >= 0.3 is 8.46 Å². The van der Waals surface area contributed by atoms with Crippen LogP contribution in [0.5, 0.6) is 0 Å². The van der Waals surface area contributed by atoms with Crippen LogP contribution in [0.25, 0.3) is 0 Å². The van der Waals surface area contributed by atoms with Gasteiger partial charge in [0, 0.05) is 0 Å². The van der Waals surface area contributed by atoms with Crippen LogP contribution in [0.1, 0.15) is 0 Å². The third-order valence-electron chi connectivity index (χ3n) is 0.0833. The first kappa shape index (κ1) is 15.8. The number of hydrogen-bond acceptors (Lipinski definition) is 5.